The maximum atomic E-state index is 12.6. The third-order valence-corrected chi connectivity index (χ3v) is 5.16. The number of piperazine rings is 1. The molecule has 144 valence electrons. The van der Waals surface area contributed by atoms with Crippen molar-refractivity contribution in [3.05, 3.63) is 71.3 Å². The second kappa shape index (κ2) is 8.02. The molecule has 0 unspecified atom stereocenters. The molecule has 3 heterocycles. The van der Waals surface area contributed by atoms with E-state index in [0.29, 0.717) is 24.5 Å². The number of benzene rings is 1. The van der Waals surface area contributed by atoms with Gasteiger partial charge in [-0.2, -0.15) is 0 Å². The lowest BCUT2D eigenvalue weighted by Crippen LogP contribution is -2.49. The first-order valence-corrected chi connectivity index (χ1v) is 9.72. The maximum absolute atomic E-state index is 12.6. The maximum Gasteiger partial charge on any atom is 0.227 e. The summed E-state index contributed by atoms with van der Waals surface area (Å²) in [7, 11) is 0. The number of aromatic nitrogens is 3. The highest BCUT2D eigenvalue weighted by Gasteiger charge is 2.22. The number of halogens is 1. The van der Waals surface area contributed by atoms with Crippen molar-refractivity contribution in [1.82, 2.24) is 19.4 Å². The number of anilines is 1. The first-order chi connectivity index (χ1) is 13.6. The molecule has 1 fully saturated rings. The molecule has 0 spiro atoms. The SMILES string of the molecule is Cc1nc(N2CCN(C(=O)Cc3ccc(Cl)cc3)CC2)cc(-n2cccc2)n1. The molecule has 1 aliphatic heterocycles. The first kappa shape index (κ1) is 18.5. The molecule has 0 aliphatic carbocycles. The molecule has 0 saturated carbocycles. The Morgan fingerprint density at radius 3 is 2.32 bits per heavy atom. The molecular weight excluding hydrogens is 374 g/mol. The molecule has 6 nitrogen and oxygen atoms in total. The minimum atomic E-state index is 0.147. The molecule has 3 aromatic rings. The van der Waals surface area contributed by atoms with E-state index >= 15 is 0 Å². The van der Waals surface area contributed by atoms with Gasteiger partial charge < -0.3 is 14.4 Å². The number of carbonyl (C=O) groups is 1. The Hall–Kier alpha value is -2.86. The van der Waals surface area contributed by atoms with Gasteiger partial charge in [0.1, 0.15) is 17.5 Å². The summed E-state index contributed by atoms with van der Waals surface area (Å²) in [5.41, 5.74) is 0.986. The van der Waals surface area contributed by atoms with Crippen LogP contribution < -0.4 is 4.90 Å². The lowest BCUT2D eigenvalue weighted by molar-refractivity contribution is -0.130. The minimum absolute atomic E-state index is 0.147. The van der Waals surface area contributed by atoms with E-state index in [4.69, 9.17) is 11.6 Å². The summed E-state index contributed by atoms with van der Waals surface area (Å²) in [6, 6.07) is 13.4. The Kier molecular flexibility index (Phi) is 5.30. The van der Waals surface area contributed by atoms with Gasteiger partial charge in [0.25, 0.3) is 0 Å². The number of rotatable bonds is 4. The van der Waals surface area contributed by atoms with Crippen molar-refractivity contribution >= 4 is 23.3 Å². The number of hydrogen-bond donors (Lipinski definition) is 0. The van der Waals surface area contributed by atoms with E-state index in [9.17, 15) is 4.79 Å². The normalized spacial score (nSPS) is 14.4. The quantitative estimate of drug-likeness (QED) is 0.681. The second-order valence-electron chi connectivity index (χ2n) is 6.89. The van der Waals surface area contributed by atoms with Crippen molar-refractivity contribution in [2.45, 2.75) is 13.3 Å². The molecule has 0 N–H and O–H groups in total. The summed E-state index contributed by atoms with van der Waals surface area (Å²) in [4.78, 5) is 25.9. The molecule has 4 rings (SSSR count). The number of carbonyl (C=O) groups excluding carboxylic acids is 1. The van der Waals surface area contributed by atoms with Crippen molar-refractivity contribution in [2.75, 3.05) is 31.1 Å². The van der Waals surface area contributed by atoms with Gasteiger partial charge in [-0.15, -0.1) is 0 Å². The predicted molar refractivity (Wildman–Crippen MR) is 110 cm³/mol. The summed E-state index contributed by atoms with van der Waals surface area (Å²) < 4.78 is 1.98. The minimum Gasteiger partial charge on any atom is -0.353 e. The highest BCUT2D eigenvalue weighted by Crippen LogP contribution is 2.18. The van der Waals surface area contributed by atoms with Crippen LogP contribution in [-0.2, 0) is 11.2 Å². The number of amides is 1. The smallest absolute Gasteiger partial charge is 0.227 e. The standard InChI is InChI=1S/C21H22ClN5O/c1-16-23-19(25-8-2-3-9-25)15-20(24-16)26-10-12-27(13-11-26)21(28)14-17-4-6-18(22)7-5-17/h2-9,15H,10-14H2,1H3. The summed E-state index contributed by atoms with van der Waals surface area (Å²) >= 11 is 5.91. The van der Waals surface area contributed by atoms with E-state index in [2.05, 4.69) is 14.9 Å². The number of aryl methyl sites for hydroxylation is 1. The molecule has 0 bridgehead atoms. The van der Waals surface area contributed by atoms with Crippen molar-refractivity contribution in [1.29, 1.82) is 0 Å². The van der Waals surface area contributed by atoms with Crippen LogP contribution in [0.25, 0.3) is 5.82 Å². The number of nitrogens with zero attached hydrogens (tertiary/aromatic N) is 5. The van der Waals surface area contributed by atoms with Crippen LogP contribution in [0.5, 0.6) is 0 Å². The molecule has 1 aromatic carbocycles. The van der Waals surface area contributed by atoms with E-state index in [1.807, 2.05) is 71.2 Å². The topological polar surface area (TPSA) is 54.3 Å². The average Bonchev–Trinajstić information content (AvgIpc) is 3.24. The van der Waals surface area contributed by atoms with Crippen LogP contribution in [0.1, 0.15) is 11.4 Å². The summed E-state index contributed by atoms with van der Waals surface area (Å²) in [6.45, 7) is 4.80. The lowest BCUT2D eigenvalue weighted by atomic mass is 10.1. The molecule has 1 aliphatic rings. The highest BCUT2D eigenvalue weighted by molar-refractivity contribution is 6.30. The number of hydrogen-bond acceptors (Lipinski definition) is 4. The Bertz CT molecular complexity index is 947. The van der Waals surface area contributed by atoms with E-state index in [1.165, 1.54) is 0 Å². The Morgan fingerprint density at radius 1 is 1.00 bits per heavy atom. The third-order valence-electron chi connectivity index (χ3n) is 4.90. The van der Waals surface area contributed by atoms with Crippen LogP contribution in [0.3, 0.4) is 0 Å². The zero-order chi connectivity index (χ0) is 19.5. The molecule has 1 saturated heterocycles. The molecule has 0 radical (unpaired) electrons. The van der Waals surface area contributed by atoms with E-state index in [-0.39, 0.29) is 5.91 Å². The largest absolute Gasteiger partial charge is 0.353 e. The van der Waals surface area contributed by atoms with Gasteiger partial charge in [0.05, 0.1) is 6.42 Å². The van der Waals surface area contributed by atoms with Gasteiger partial charge in [0, 0.05) is 49.7 Å². The summed E-state index contributed by atoms with van der Waals surface area (Å²) in [5, 5.41) is 0.684. The van der Waals surface area contributed by atoms with Crippen LogP contribution in [0.2, 0.25) is 5.02 Å². The van der Waals surface area contributed by atoms with Crippen LogP contribution in [-0.4, -0.2) is 51.5 Å². The monoisotopic (exact) mass is 395 g/mol. The van der Waals surface area contributed by atoms with Crippen LogP contribution >= 0.6 is 11.6 Å². The molecule has 2 aromatic heterocycles. The van der Waals surface area contributed by atoms with Gasteiger partial charge >= 0.3 is 0 Å². The lowest BCUT2D eigenvalue weighted by Gasteiger charge is -2.35. The van der Waals surface area contributed by atoms with Gasteiger partial charge in [0.15, 0.2) is 0 Å². The van der Waals surface area contributed by atoms with Crippen LogP contribution in [0.4, 0.5) is 5.82 Å². The van der Waals surface area contributed by atoms with Gasteiger partial charge in [-0.05, 0) is 36.8 Å². The fraction of sp³-hybridized carbons (Fsp3) is 0.286. The van der Waals surface area contributed by atoms with Gasteiger partial charge in [-0.1, -0.05) is 23.7 Å². The molecule has 28 heavy (non-hydrogen) atoms. The van der Waals surface area contributed by atoms with Gasteiger partial charge in [-0.25, -0.2) is 9.97 Å². The predicted octanol–water partition coefficient (Wildman–Crippen LogP) is 3.12. The fourth-order valence-electron chi connectivity index (χ4n) is 3.39. The van der Waals surface area contributed by atoms with Gasteiger partial charge in [0.2, 0.25) is 5.91 Å². The Balaban J connectivity index is 1.40. The molecule has 1 amide bonds. The average molecular weight is 396 g/mol. The second-order valence-corrected chi connectivity index (χ2v) is 7.33. The van der Waals surface area contributed by atoms with Crippen LogP contribution in [0.15, 0.2) is 54.9 Å². The van der Waals surface area contributed by atoms with Crippen molar-refractivity contribution < 1.29 is 4.79 Å². The zero-order valence-electron chi connectivity index (χ0n) is 15.8. The van der Waals surface area contributed by atoms with E-state index < -0.39 is 0 Å². The Morgan fingerprint density at radius 2 is 1.64 bits per heavy atom. The molecule has 0 atom stereocenters. The third kappa shape index (κ3) is 4.17. The summed E-state index contributed by atoms with van der Waals surface area (Å²) in [5.74, 6) is 2.64. The fourth-order valence-corrected chi connectivity index (χ4v) is 3.52. The van der Waals surface area contributed by atoms with Crippen molar-refractivity contribution in [3.63, 3.8) is 0 Å². The van der Waals surface area contributed by atoms with Crippen LogP contribution in [0, 0.1) is 6.92 Å². The van der Waals surface area contributed by atoms with Crippen molar-refractivity contribution in [2.24, 2.45) is 0 Å². The molecule has 7 heteroatoms. The molecular formula is C21H22ClN5O. The van der Waals surface area contributed by atoms with E-state index in [1.54, 1.807) is 0 Å². The summed E-state index contributed by atoms with van der Waals surface area (Å²) in [6.07, 6.45) is 4.35. The Labute approximate surface area is 169 Å². The highest BCUT2D eigenvalue weighted by atomic mass is 35.5. The van der Waals surface area contributed by atoms with Gasteiger partial charge in [-0.3, -0.25) is 4.79 Å². The van der Waals surface area contributed by atoms with Crippen molar-refractivity contribution in [3.8, 4) is 5.82 Å². The van der Waals surface area contributed by atoms with E-state index in [0.717, 1.165) is 36.1 Å². The zero-order valence-corrected chi connectivity index (χ0v) is 16.5. The first-order valence-electron chi connectivity index (χ1n) is 9.35.